The molecule has 0 unspecified atom stereocenters. The molecule has 0 saturated heterocycles. The maximum atomic E-state index is 13.1. The summed E-state index contributed by atoms with van der Waals surface area (Å²) in [7, 11) is 2.02. The first-order valence-corrected chi connectivity index (χ1v) is 7.08. The summed E-state index contributed by atoms with van der Waals surface area (Å²) >= 11 is 3.45. The van der Waals surface area contributed by atoms with Crippen LogP contribution in [0.25, 0.3) is 0 Å². The van der Waals surface area contributed by atoms with Gasteiger partial charge in [0.15, 0.2) is 0 Å². The lowest BCUT2D eigenvalue weighted by Gasteiger charge is -2.34. The second-order valence-corrected chi connectivity index (χ2v) is 6.05. The van der Waals surface area contributed by atoms with E-state index in [1.54, 1.807) is 0 Å². The Morgan fingerprint density at radius 1 is 1.33 bits per heavy atom. The highest BCUT2D eigenvalue weighted by molar-refractivity contribution is 9.10. The molecule has 0 aliphatic heterocycles. The third-order valence-corrected chi connectivity index (χ3v) is 4.12. The van der Waals surface area contributed by atoms with Crippen LogP contribution in [0.5, 0.6) is 0 Å². The van der Waals surface area contributed by atoms with Crippen molar-refractivity contribution in [2.75, 3.05) is 7.05 Å². The zero-order valence-electron chi connectivity index (χ0n) is 10.5. The summed E-state index contributed by atoms with van der Waals surface area (Å²) < 4.78 is 27.3. The normalized spacial score (nSPS) is 20.3. The lowest BCUT2D eigenvalue weighted by molar-refractivity contribution is -0.0519. The Bertz CT molecular complexity index is 399. The SMILES string of the molecule is CN(Cc1cccc(Br)c1)C1CCC(F)(F)CC1. The Morgan fingerprint density at radius 2 is 2.00 bits per heavy atom. The molecular formula is C14H18BrF2N. The van der Waals surface area contributed by atoms with Gasteiger partial charge in [0.1, 0.15) is 0 Å². The highest BCUT2D eigenvalue weighted by atomic mass is 79.9. The van der Waals surface area contributed by atoms with Gasteiger partial charge in [0.05, 0.1) is 0 Å². The minimum Gasteiger partial charge on any atom is -0.299 e. The lowest BCUT2D eigenvalue weighted by atomic mass is 9.91. The minimum atomic E-state index is -2.44. The third-order valence-electron chi connectivity index (χ3n) is 3.63. The van der Waals surface area contributed by atoms with E-state index in [0.717, 1.165) is 11.0 Å². The first-order valence-electron chi connectivity index (χ1n) is 6.29. The molecule has 1 fully saturated rings. The number of halogens is 3. The van der Waals surface area contributed by atoms with Gasteiger partial charge in [-0.05, 0) is 37.6 Å². The molecule has 0 aromatic heterocycles. The van der Waals surface area contributed by atoms with Crippen LogP contribution in [-0.2, 0) is 6.54 Å². The predicted molar refractivity (Wildman–Crippen MR) is 72.8 cm³/mol. The Labute approximate surface area is 115 Å². The second kappa shape index (κ2) is 5.66. The van der Waals surface area contributed by atoms with Crippen LogP contribution >= 0.6 is 15.9 Å². The highest BCUT2D eigenvalue weighted by Crippen LogP contribution is 2.35. The van der Waals surface area contributed by atoms with Crippen molar-refractivity contribution in [3.63, 3.8) is 0 Å². The number of alkyl halides is 2. The predicted octanol–water partition coefficient (Wildman–Crippen LogP) is 4.46. The van der Waals surface area contributed by atoms with Gasteiger partial charge < -0.3 is 0 Å². The van der Waals surface area contributed by atoms with Crippen molar-refractivity contribution in [2.45, 2.75) is 44.2 Å². The summed E-state index contributed by atoms with van der Waals surface area (Å²) in [5, 5.41) is 0. The molecule has 0 spiro atoms. The van der Waals surface area contributed by atoms with E-state index in [0.29, 0.717) is 12.8 Å². The van der Waals surface area contributed by atoms with E-state index in [9.17, 15) is 8.78 Å². The molecule has 100 valence electrons. The second-order valence-electron chi connectivity index (χ2n) is 5.13. The molecule has 1 aliphatic rings. The highest BCUT2D eigenvalue weighted by Gasteiger charge is 2.35. The molecule has 0 radical (unpaired) electrons. The Morgan fingerprint density at radius 3 is 2.61 bits per heavy atom. The molecule has 0 amide bonds. The van der Waals surface area contributed by atoms with Crippen molar-refractivity contribution in [1.82, 2.24) is 4.90 Å². The van der Waals surface area contributed by atoms with Crippen LogP contribution in [0, 0.1) is 0 Å². The topological polar surface area (TPSA) is 3.24 Å². The molecular weight excluding hydrogens is 300 g/mol. The van der Waals surface area contributed by atoms with Crippen LogP contribution in [0.15, 0.2) is 28.7 Å². The van der Waals surface area contributed by atoms with Crippen LogP contribution in [0.3, 0.4) is 0 Å². The van der Waals surface area contributed by atoms with E-state index < -0.39 is 5.92 Å². The molecule has 0 atom stereocenters. The molecule has 0 heterocycles. The zero-order valence-corrected chi connectivity index (χ0v) is 12.1. The summed E-state index contributed by atoms with van der Waals surface area (Å²) in [6.45, 7) is 0.815. The van der Waals surface area contributed by atoms with Crippen LogP contribution in [0.2, 0.25) is 0 Å². The van der Waals surface area contributed by atoms with Crippen molar-refractivity contribution in [2.24, 2.45) is 0 Å². The summed E-state index contributed by atoms with van der Waals surface area (Å²) in [6.07, 6.45) is 1.25. The van der Waals surface area contributed by atoms with E-state index in [-0.39, 0.29) is 18.9 Å². The van der Waals surface area contributed by atoms with Gasteiger partial charge in [0.25, 0.3) is 0 Å². The first-order chi connectivity index (χ1) is 8.46. The molecule has 1 aromatic rings. The van der Waals surface area contributed by atoms with Gasteiger partial charge >= 0.3 is 0 Å². The molecule has 1 aliphatic carbocycles. The number of hydrogen-bond acceptors (Lipinski definition) is 1. The molecule has 4 heteroatoms. The lowest BCUT2D eigenvalue weighted by Crippen LogP contribution is -2.38. The van der Waals surface area contributed by atoms with E-state index >= 15 is 0 Å². The van der Waals surface area contributed by atoms with Gasteiger partial charge in [-0.25, -0.2) is 8.78 Å². The molecule has 2 rings (SSSR count). The monoisotopic (exact) mass is 317 g/mol. The fourth-order valence-electron chi connectivity index (χ4n) is 2.52. The number of benzene rings is 1. The van der Waals surface area contributed by atoms with Crippen LogP contribution in [0.1, 0.15) is 31.2 Å². The smallest absolute Gasteiger partial charge is 0.248 e. The standard InChI is InChI=1S/C14H18BrF2N/c1-18(10-11-3-2-4-12(15)9-11)13-5-7-14(16,17)8-6-13/h2-4,9,13H,5-8,10H2,1H3. The van der Waals surface area contributed by atoms with Gasteiger partial charge in [0.2, 0.25) is 5.92 Å². The van der Waals surface area contributed by atoms with Crippen LogP contribution < -0.4 is 0 Å². The van der Waals surface area contributed by atoms with Crippen molar-refractivity contribution in [1.29, 1.82) is 0 Å². The Balaban J connectivity index is 1.91. The van der Waals surface area contributed by atoms with E-state index in [1.807, 2.05) is 19.2 Å². The quantitative estimate of drug-likeness (QED) is 0.795. The maximum absolute atomic E-state index is 13.1. The molecule has 1 aromatic carbocycles. The van der Waals surface area contributed by atoms with Gasteiger partial charge in [-0.15, -0.1) is 0 Å². The zero-order chi connectivity index (χ0) is 13.2. The summed E-state index contributed by atoms with van der Waals surface area (Å²) in [5.74, 6) is -2.44. The summed E-state index contributed by atoms with van der Waals surface area (Å²) in [5.41, 5.74) is 1.21. The first kappa shape index (κ1) is 13.9. The largest absolute Gasteiger partial charge is 0.299 e. The van der Waals surface area contributed by atoms with Crippen molar-refractivity contribution >= 4 is 15.9 Å². The van der Waals surface area contributed by atoms with Gasteiger partial charge in [-0.3, -0.25) is 4.90 Å². The molecule has 0 bridgehead atoms. The summed E-state index contributed by atoms with van der Waals surface area (Å²) in [4.78, 5) is 2.19. The van der Waals surface area contributed by atoms with Crippen molar-refractivity contribution < 1.29 is 8.78 Å². The van der Waals surface area contributed by atoms with Gasteiger partial charge in [-0.2, -0.15) is 0 Å². The minimum absolute atomic E-state index is 0.0283. The molecule has 1 saturated carbocycles. The fraction of sp³-hybridized carbons (Fsp3) is 0.571. The van der Waals surface area contributed by atoms with Crippen molar-refractivity contribution in [3.8, 4) is 0 Å². The Kier molecular flexibility index (Phi) is 4.38. The maximum Gasteiger partial charge on any atom is 0.248 e. The average Bonchev–Trinajstić information content (AvgIpc) is 2.28. The molecule has 0 N–H and O–H groups in total. The van der Waals surface area contributed by atoms with Gasteiger partial charge in [0, 0.05) is 29.9 Å². The van der Waals surface area contributed by atoms with E-state index in [4.69, 9.17) is 0 Å². The number of rotatable bonds is 3. The van der Waals surface area contributed by atoms with E-state index in [2.05, 4.69) is 33.0 Å². The van der Waals surface area contributed by atoms with Gasteiger partial charge in [-0.1, -0.05) is 28.1 Å². The third kappa shape index (κ3) is 3.75. The molecule has 1 nitrogen and oxygen atoms in total. The fourth-order valence-corrected chi connectivity index (χ4v) is 2.96. The van der Waals surface area contributed by atoms with Crippen LogP contribution in [0.4, 0.5) is 8.78 Å². The number of nitrogens with zero attached hydrogens (tertiary/aromatic N) is 1. The number of hydrogen-bond donors (Lipinski definition) is 0. The van der Waals surface area contributed by atoms with Crippen LogP contribution in [-0.4, -0.2) is 23.9 Å². The average molecular weight is 318 g/mol. The van der Waals surface area contributed by atoms with Crippen molar-refractivity contribution in [3.05, 3.63) is 34.3 Å². The Hall–Kier alpha value is -0.480. The van der Waals surface area contributed by atoms with E-state index in [1.165, 1.54) is 5.56 Å². The molecule has 18 heavy (non-hydrogen) atoms. The summed E-state index contributed by atoms with van der Waals surface area (Å²) in [6, 6.07) is 8.42.